The van der Waals surface area contributed by atoms with Crippen LogP contribution in [-0.2, 0) is 0 Å². The lowest BCUT2D eigenvalue weighted by molar-refractivity contribution is 0.881. The molecule has 0 saturated heterocycles. The van der Waals surface area contributed by atoms with E-state index in [0.717, 1.165) is 11.3 Å². The van der Waals surface area contributed by atoms with Crippen LogP contribution in [0.3, 0.4) is 0 Å². The van der Waals surface area contributed by atoms with Crippen molar-refractivity contribution in [3.05, 3.63) is 24.3 Å². The Balaban J connectivity index is 2.31. The van der Waals surface area contributed by atoms with Gasteiger partial charge in [0.05, 0.1) is 0 Å². The highest BCUT2D eigenvalue weighted by molar-refractivity contribution is 7.80. The molecule has 0 aliphatic rings. The molecule has 1 aromatic carbocycles. The van der Waals surface area contributed by atoms with E-state index in [9.17, 15) is 0 Å². The van der Waals surface area contributed by atoms with E-state index >= 15 is 0 Å². The second-order valence-corrected chi connectivity index (χ2v) is 3.25. The van der Waals surface area contributed by atoms with Crippen LogP contribution in [0.25, 0.3) is 11.4 Å². The van der Waals surface area contributed by atoms with Gasteiger partial charge in [0, 0.05) is 11.3 Å². The number of rotatable bonds is 2. The van der Waals surface area contributed by atoms with Gasteiger partial charge in [-0.15, -0.1) is 10.2 Å². The Kier molecular flexibility index (Phi) is 2.55. The lowest BCUT2D eigenvalue weighted by Crippen LogP contribution is -2.18. The number of nitrogens with zero attached hydrogens (tertiary/aromatic N) is 3. The molecule has 2 rings (SSSR count). The molecule has 4 N–H and O–H groups in total. The van der Waals surface area contributed by atoms with E-state index in [0.29, 0.717) is 5.82 Å². The van der Waals surface area contributed by atoms with Crippen molar-refractivity contribution < 1.29 is 0 Å². The number of anilines is 1. The van der Waals surface area contributed by atoms with Crippen LogP contribution >= 0.6 is 12.2 Å². The summed E-state index contributed by atoms with van der Waals surface area (Å²) in [6.45, 7) is 0. The van der Waals surface area contributed by atoms with Gasteiger partial charge in [-0.25, -0.2) is 0 Å². The van der Waals surface area contributed by atoms with Crippen molar-refractivity contribution in [1.29, 1.82) is 0 Å². The highest BCUT2D eigenvalue weighted by atomic mass is 32.1. The minimum atomic E-state index is 0.222. The second-order valence-electron chi connectivity index (χ2n) is 2.81. The number of nitrogens with two attached hydrogens (primary N) is 1. The summed E-state index contributed by atoms with van der Waals surface area (Å²) < 4.78 is 0. The minimum absolute atomic E-state index is 0.222. The first-order valence-corrected chi connectivity index (χ1v) is 4.57. The van der Waals surface area contributed by atoms with Gasteiger partial charge in [0.1, 0.15) is 0 Å². The third kappa shape index (κ3) is 2.26. The number of hydrogen-bond donors (Lipinski definition) is 3. The van der Waals surface area contributed by atoms with E-state index in [-0.39, 0.29) is 5.11 Å². The van der Waals surface area contributed by atoms with E-state index < -0.39 is 0 Å². The maximum absolute atomic E-state index is 5.36. The van der Waals surface area contributed by atoms with E-state index in [4.69, 9.17) is 18.0 Å². The van der Waals surface area contributed by atoms with Crippen LogP contribution < -0.4 is 11.1 Å². The first kappa shape index (κ1) is 9.53. The van der Waals surface area contributed by atoms with E-state index in [1.165, 1.54) is 0 Å². The van der Waals surface area contributed by atoms with Crippen molar-refractivity contribution in [2.75, 3.05) is 5.32 Å². The Morgan fingerprint density at radius 3 is 3.00 bits per heavy atom. The maximum atomic E-state index is 5.36. The van der Waals surface area contributed by atoms with Crippen LogP contribution in [0, 0.1) is 0 Å². The van der Waals surface area contributed by atoms with Gasteiger partial charge in [-0.3, -0.25) is 0 Å². The third-order valence-electron chi connectivity index (χ3n) is 1.73. The molecule has 1 aromatic heterocycles. The number of thiocarbonyl (C=S) groups is 1. The average Bonchev–Trinajstić information content (AvgIpc) is 2.69. The fourth-order valence-corrected chi connectivity index (χ4v) is 1.28. The van der Waals surface area contributed by atoms with Crippen LogP contribution in [0.4, 0.5) is 5.69 Å². The van der Waals surface area contributed by atoms with Gasteiger partial charge in [-0.05, 0) is 29.6 Å². The van der Waals surface area contributed by atoms with Gasteiger partial charge in [-0.2, -0.15) is 5.21 Å². The Labute approximate surface area is 90.9 Å². The molecular weight excluding hydrogens is 212 g/mol. The topological polar surface area (TPSA) is 92.5 Å². The number of H-pyrrole nitrogens is 1. The predicted octanol–water partition coefficient (Wildman–Crippen LogP) is 0.522. The molecule has 1 heterocycles. The fourth-order valence-electron chi connectivity index (χ4n) is 1.16. The van der Waals surface area contributed by atoms with Gasteiger partial charge < -0.3 is 11.1 Å². The summed E-state index contributed by atoms with van der Waals surface area (Å²) >= 11 is 4.74. The quantitative estimate of drug-likeness (QED) is 0.639. The van der Waals surface area contributed by atoms with Gasteiger partial charge in [0.2, 0.25) is 5.82 Å². The van der Waals surface area contributed by atoms with Crippen LogP contribution in [0.15, 0.2) is 24.3 Å². The molecule has 0 unspecified atom stereocenters. The molecule has 0 spiro atoms. The summed E-state index contributed by atoms with van der Waals surface area (Å²) in [5.41, 5.74) is 7.00. The van der Waals surface area contributed by atoms with Crippen molar-refractivity contribution in [3.8, 4) is 11.4 Å². The Hall–Kier alpha value is -2.02. The number of tetrazole rings is 1. The normalized spacial score (nSPS) is 9.87. The van der Waals surface area contributed by atoms with Crippen molar-refractivity contribution in [1.82, 2.24) is 20.6 Å². The van der Waals surface area contributed by atoms with Crippen molar-refractivity contribution in [3.63, 3.8) is 0 Å². The Morgan fingerprint density at radius 1 is 1.47 bits per heavy atom. The molecule has 2 aromatic rings. The molecule has 76 valence electrons. The molecule has 7 heteroatoms. The molecule has 15 heavy (non-hydrogen) atoms. The monoisotopic (exact) mass is 220 g/mol. The van der Waals surface area contributed by atoms with Crippen LogP contribution in [0.5, 0.6) is 0 Å². The summed E-state index contributed by atoms with van der Waals surface area (Å²) in [5, 5.41) is 16.7. The van der Waals surface area contributed by atoms with E-state index in [1.807, 2.05) is 24.3 Å². The molecule has 0 radical (unpaired) electrons. The SMILES string of the molecule is NC(=S)Nc1cccc(-c2nn[nH]n2)c1. The molecule has 6 nitrogen and oxygen atoms in total. The molecular formula is C8H8N6S. The summed E-state index contributed by atoms with van der Waals surface area (Å²) in [5.74, 6) is 0.529. The predicted molar refractivity (Wildman–Crippen MR) is 60.0 cm³/mol. The number of nitrogens with one attached hydrogen (secondary N) is 2. The first-order chi connectivity index (χ1) is 7.25. The zero-order valence-corrected chi connectivity index (χ0v) is 8.45. The van der Waals surface area contributed by atoms with E-state index in [1.54, 1.807) is 0 Å². The average molecular weight is 220 g/mol. The highest BCUT2D eigenvalue weighted by Crippen LogP contribution is 2.17. The molecule has 0 bridgehead atoms. The number of hydrogen-bond acceptors (Lipinski definition) is 4. The lowest BCUT2D eigenvalue weighted by Gasteiger charge is -2.03. The standard InChI is InChI=1S/C8H8N6S/c9-8(15)10-6-3-1-2-5(4-6)7-11-13-14-12-7/h1-4H,(H3,9,10,15)(H,11,12,13,14). The summed E-state index contributed by atoms with van der Waals surface area (Å²) in [6, 6.07) is 7.41. The van der Waals surface area contributed by atoms with Crippen molar-refractivity contribution >= 4 is 23.0 Å². The molecule has 0 fully saturated rings. The second kappa shape index (κ2) is 4.01. The molecule has 0 aliphatic carbocycles. The Bertz CT molecular complexity index is 466. The zero-order chi connectivity index (χ0) is 10.7. The van der Waals surface area contributed by atoms with E-state index in [2.05, 4.69) is 25.9 Å². The van der Waals surface area contributed by atoms with Gasteiger partial charge in [-0.1, -0.05) is 12.1 Å². The van der Waals surface area contributed by atoms with Crippen LogP contribution in [-0.4, -0.2) is 25.7 Å². The highest BCUT2D eigenvalue weighted by Gasteiger charge is 2.03. The summed E-state index contributed by atoms with van der Waals surface area (Å²) in [6.07, 6.45) is 0. The lowest BCUT2D eigenvalue weighted by atomic mass is 10.2. The maximum Gasteiger partial charge on any atom is 0.204 e. The fraction of sp³-hybridized carbons (Fsp3) is 0. The van der Waals surface area contributed by atoms with Crippen LogP contribution in [0.2, 0.25) is 0 Å². The van der Waals surface area contributed by atoms with Crippen LogP contribution in [0.1, 0.15) is 0 Å². The third-order valence-corrected chi connectivity index (χ3v) is 1.84. The largest absolute Gasteiger partial charge is 0.376 e. The van der Waals surface area contributed by atoms with Gasteiger partial charge in [0.15, 0.2) is 5.11 Å². The van der Waals surface area contributed by atoms with Crippen molar-refractivity contribution in [2.45, 2.75) is 0 Å². The molecule has 0 aliphatic heterocycles. The molecule has 0 saturated carbocycles. The number of benzene rings is 1. The Morgan fingerprint density at radius 2 is 2.33 bits per heavy atom. The number of aromatic nitrogens is 4. The molecule has 0 atom stereocenters. The van der Waals surface area contributed by atoms with Crippen molar-refractivity contribution in [2.24, 2.45) is 5.73 Å². The number of aromatic amines is 1. The van der Waals surface area contributed by atoms with Gasteiger partial charge in [0.25, 0.3) is 0 Å². The first-order valence-electron chi connectivity index (χ1n) is 4.16. The summed E-state index contributed by atoms with van der Waals surface area (Å²) in [7, 11) is 0. The molecule has 0 amide bonds. The summed E-state index contributed by atoms with van der Waals surface area (Å²) in [4.78, 5) is 0. The minimum Gasteiger partial charge on any atom is -0.376 e. The smallest absolute Gasteiger partial charge is 0.204 e. The zero-order valence-electron chi connectivity index (χ0n) is 7.64. The van der Waals surface area contributed by atoms with Gasteiger partial charge >= 0.3 is 0 Å².